The minimum Gasteiger partial charge on any atom is -0.464 e. The molecule has 3 fully saturated rings. The highest BCUT2D eigenvalue weighted by Crippen LogP contribution is 2.67. The fourth-order valence-electron chi connectivity index (χ4n) is 8.85. The van der Waals surface area contributed by atoms with E-state index in [0.717, 1.165) is 48.3 Å². The zero-order valence-corrected chi connectivity index (χ0v) is 20.3. The van der Waals surface area contributed by atoms with Crippen LogP contribution >= 0.6 is 0 Å². The fourth-order valence-corrected chi connectivity index (χ4v) is 8.85. The van der Waals surface area contributed by atoms with Gasteiger partial charge in [0.1, 0.15) is 6.10 Å². The molecular weight excluding hydrogens is 368 g/mol. The van der Waals surface area contributed by atoms with Gasteiger partial charge in [-0.3, -0.25) is 4.79 Å². The molecule has 0 aromatic carbocycles. The molecule has 0 aliphatic heterocycles. The van der Waals surface area contributed by atoms with E-state index in [9.17, 15) is 4.79 Å². The first-order valence-electron chi connectivity index (χ1n) is 13.1. The van der Waals surface area contributed by atoms with Crippen LogP contribution < -0.4 is 0 Å². The van der Waals surface area contributed by atoms with E-state index in [2.05, 4.69) is 40.7 Å². The summed E-state index contributed by atoms with van der Waals surface area (Å²) in [5.74, 6) is 5.32. The Morgan fingerprint density at radius 3 is 2.60 bits per heavy atom. The minimum absolute atomic E-state index is 0.120. The zero-order chi connectivity index (χ0) is 21.5. The molecule has 0 saturated heterocycles. The largest absolute Gasteiger partial charge is 0.464 e. The minimum atomic E-state index is 0.120. The van der Waals surface area contributed by atoms with E-state index >= 15 is 0 Å². The number of hydrogen-bond donors (Lipinski definition) is 0. The molecule has 0 aromatic rings. The fraction of sp³-hybridized carbons (Fsp3) is 0.893. The lowest BCUT2D eigenvalue weighted by atomic mass is 9.47. The summed E-state index contributed by atoms with van der Waals surface area (Å²) in [4.78, 5) is 10.8. The lowest BCUT2D eigenvalue weighted by Crippen LogP contribution is -2.51. The van der Waals surface area contributed by atoms with Crippen LogP contribution in [-0.2, 0) is 9.53 Å². The Balaban J connectivity index is 1.47. The third kappa shape index (κ3) is 3.79. The highest BCUT2D eigenvalue weighted by atomic mass is 16.5. The van der Waals surface area contributed by atoms with E-state index < -0.39 is 0 Å². The molecule has 4 aliphatic rings. The number of fused-ring (bicyclic) bond motifs is 5. The molecule has 2 heteroatoms. The number of carbonyl (C=O) groups excluding carboxylic acids is 1. The van der Waals surface area contributed by atoms with Crippen molar-refractivity contribution in [2.75, 3.05) is 0 Å². The second-order valence-electron chi connectivity index (χ2n) is 12.4. The average molecular weight is 415 g/mol. The summed E-state index contributed by atoms with van der Waals surface area (Å²) in [5, 5.41) is 0. The van der Waals surface area contributed by atoms with Crippen LogP contribution in [0.3, 0.4) is 0 Å². The molecule has 170 valence electrons. The van der Waals surface area contributed by atoms with Gasteiger partial charge in [0.15, 0.2) is 0 Å². The van der Waals surface area contributed by atoms with Gasteiger partial charge in [-0.2, -0.15) is 0 Å². The number of allylic oxidation sites excluding steroid dienone is 1. The van der Waals surface area contributed by atoms with Crippen molar-refractivity contribution in [3.63, 3.8) is 0 Å². The lowest BCUT2D eigenvalue weighted by molar-refractivity contribution is -0.136. The molecule has 0 heterocycles. The van der Waals surface area contributed by atoms with Crippen molar-refractivity contribution in [1.29, 1.82) is 0 Å². The lowest BCUT2D eigenvalue weighted by Gasteiger charge is -2.58. The quantitative estimate of drug-likeness (QED) is 0.317. The van der Waals surface area contributed by atoms with E-state index in [4.69, 9.17) is 4.74 Å². The van der Waals surface area contributed by atoms with Crippen LogP contribution in [0.1, 0.15) is 105 Å². The maximum atomic E-state index is 10.8. The maximum Gasteiger partial charge on any atom is 0.293 e. The summed E-state index contributed by atoms with van der Waals surface area (Å²) in [6.07, 6.45) is 17.2. The molecule has 4 aliphatic carbocycles. The molecule has 8 atom stereocenters. The van der Waals surface area contributed by atoms with Crippen molar-refractivity contribution in [2.45, 2.75) is 111 Å². The summed E-state index contributed by atoms with van der Waals surface area (Å²) in [6, 6.07) is 0. The second-order valence-corrected chi connectivity index (χ2v) is 12.4. The number of ether oxygens (including phenoxy) is 1. The summed E-state index contributed by atoms with van der Waals surface area (Å²) >= 11 is 0. The highest BCUT2D eigenvalue weighted by molar-refractivity contribution is 5.38. The first kappa shape index (κ1) is 22.4. The number of carbonyl (C=O) groups is 1. The van der Waals surface area contributed by atoms with Crippen LogP contribution in [0.15, 0.2) is 11.6 Å². The van der Waals surface area contributed by atoms with Crippen LogP contribution in [0, 0.1) is 46.3 Å². The summed E-state index contributed by atoms with van der Waals surface area (Å²) in [5.41, 5.74) is 2.54. The van der Waals surface area contributed by atoms with E-state index in [0.29, 0.717) is 17.3 Å². The summed E-state index contributed by atoms with van der Waals surface area (Å²) in [7, 11) is 0. The van der Waals surface area contributed by atoms with Crippen LogP contribution in [0.2, 0.25) is 0 Å². The van der Waals surface area contributed by atoms with Gasteiger partial charge in [-0.1, -0.05) is 65.5 Å². The highest BCUT2D eigenvalue weighted by Gasteiger charge is 2.59. The smallest absolute Gasteiger partial charge is 0.293 e. The maximum absolute atomic E-state index is 10.8. The molecule has 4 rings (SSSR count). The SMILES string of the molecule is CC(C)CCC[C@H](C)[C@@H]1CC[C@H]2[C@@H]3CC=C4C[C@H](OC=O)CC[C@]4(C)[C@@H]3CC[C@@]21C. The molecule has 30 heavy (non-hydrogen) atoms. The van der Waals surface area contributed by atoms with Gasteiger partial charge in [-0.05, 0) is 91.3 Å². The van der Waals surface area contributed by atoms with Crippen LogP contribution in [-0.4, -0.2) is 12.6 Å². The molecule has 0 N–H and O–H groups in total. The van der Waals surface area contributed by atoms with E-state index in [1.807, 2.05) is 0 Å². The molecule has 0 radical (unpaired) electrons. The Labute approximate surface area is 185 Å². The van der Waals surface area contributed by atoms with Crippen molar-refractivity contribution < 1.29 is 9.53 Å². The van der Waals surface area contributed by atoms with Crippen LogP contribution in [0.4, 0.5) is 0 Å². The summed E-state index contributed by atoms with van der Waals surface area (Å²) in [6.45, 7) is 13.2. The number of rotatable bonds is 7. The van der Waals surface area contributed by atoms with Gasteiger partial charge in [0.25, 0.3) is 6.47 Å². The van der Waals surface area contributed by atoms with Crippen molar-refractivity contribution in [3.05, 3.63) is 11.6 Å². The molecule has 0 spiro atoms. The van der Waals surface area contributed by atoms with Crippen LogP contribution in [0.5, 0.6) is 0 Å². The Kier molecular flexibility index (Phi) is 6.44. The van der Waals surface area contributed by atoms with Gasteiger partial charge >= 0.3 is 0 Å². The monoisotopic (exact) mass is 414 g/mol. The molecule has 2 nitrogen and oxygen atoms in total. The summed E-state index contributed by atoms with van der Waals surface area (Å²) < 4.78 is 5.36. The van der Waals surface area contributed by atoms with Gasteiger partial charge in [0, 0.05) is 6.42 Å². The third-order valence-corrected chi connectivity index (χ3v) is 10.5. The van der Waals surface area contributed by atoms with Crippen molar-refractivity contribution in [1.82, 2.24) is 0 Å². The second kappa shape index (κ2) is 8.62. The molecule has 0 unspecified atom stereocenters. The Hall–Kier alpha value is -0.790. The Bertz CT molecular complexity index is 651. The third-order valence-electron chi connectivity index (χ3n) is 10.5. The molecule has 0 amide bonds. The topological polar surface area (TPSA) is 26.3 Å². The molecule has 3 saturated carbocycles. The Morgan fingerprint density at radius 2 is 1.87 bits per heavy atom. The van der Waals surface area contributed by atoms with Gasteiger partial charge in [0.05, 0.1) is 0 Å². The first-order chi connectivity index (χ1) is 14.3. The first-order valence-corrected chi connectivity index (χ1v) is 13.1. The van der Waals surface area contributed by atoms with Gasteiger partial charge in [-0.15, -0.1) is 0 Å². The number of hydrogen-bond acceptors (Lipinski definition) is 2. The van der Waals surface area contributed by atoms with E-state index in [1.165, 1.54) is 57.8 Å². The van der Waals surface area contributed by atoms with Gasteiger partial charge in [0.2, 0.25) is 0 Å². The normalized spacial score (nSPS) is 43.9. The van der Waals surface area contributed by atoms with Gasteiger partial charge in [-0.25, -0.2) is 0 Å². The molecule has 0 aromatic heterocycles. The Morgan fingerprint density at radius 1 is 1.07 bits per heavy atom. The van der Waals surface area contributed by atoms with Crippen molar-refractivity contribution >= 4 is 6.47 Å². The van der Waals surface area contributed by atoms with Gasteiger partial charge < -0.3 is 4.74 Å². The zero-order valence-electron chi connectivity index (χ0n) is 20.3. The average Bonchev–Trinajstić information content (AvgIpc) is 3.05. The van der Waals surface area contributed by atoms with Crippen molar-refractivity contribution in [2.24, 2.45) is 46.3 Å². The standard InChI is InChI=1S/C28H46O2/c1-19(2)7-6-8-20(3)24-11-12-25-23-10-9-21-17-22(30-18-29)13-15-27(21,4)26(23)14-16-28(24,25)5/h9,18-20,22-26H,6-8,10-17H2,1-5H3/t20-,22+,23-,24-,25-,26+,27-,28+/m0/s1. The van der Waals surface area contributed by atoms with Crippen molar-refractivity contribution in [3.8, 4) is 0 Å². The predicted octanol–water partition coefficient (Wildman–Crippen LogP) is 7.57. The van der Waals surface area contributed by atoms with Crippen LogP contribution in [0.25, 0.3) is 0 Å². The molecule has 0 bridgehead atoms. The molecular formula is C28H46O2. The van der Waals surface area contributed by atoms with E-state index in [1.54, 1.807) is 5.57 Å². The predicted molar refractivity (Wildman–Crippen MR) is 124 cm³/mol. The van der Waals surface area contributed by atoms with E-state index in [-0.39, 0.29) is 6.10 Å².